The average molecular weight is 417 g/mol. The molecule has 0 aromatic rings. The van der Waals surface area contributed by atoms with Crippen LogP contribution in [0.5, 0.6) is 0 Å². The number of aliphatic hydroxyl groups is 1. The van der Waals surface area contributed by atoms with Gasteiger partial charge in [-0.05, 0) is 38.5 Å². The number of hydrogen-bond acceptors (Lipinski definition) is 4. The minimum Gasteiger partial charge on any atom is -0.388 e. The molecule has 27 heavy (non-hydrogen) atoms. The first-order chi connectivity index (χ1) is 12.5. The summed E-state index contributed by atoms with van der Waals surface area (Å²) in [5.41, 5.74) is -6.11. The van der Waals surface area contributed by atoms with Gasteiger partial charge >= 0.3 is 15.5 Å². The second-order valence-corrected chi connectivity index (χ2v) is 8.73. The monoisotopic (exact) mass is 416 g/mol. The molecule has 3 N–H and O–H groups in total. The summed E-state index contributed by atoms with van der Waals surface area (Å²) in [7, 11) is -5.24. The van der Waals surface area contributed by atoms with Crippen molar-refractivity contribution in [2.24, 2.45) is 10.9 Å². The maximum Gasteiger partial charge on any atom is 0.511 e. The van der Waals surface area contributed by atoms with Crippen molar-refractivity contribution in [2.75, 3.05) is 32.7 Å². The minimum absolute atomic E-state index is 0.0461. The van der Waals surface area contributed by atoms with E-state index >= 15 is 0 Å². The summed E-state index contributed by atoms with van der Waals surface area (Å²) < 4.78 is 61.2. The average Bonchev–Trinajstić information content (AvgIpc) is 2.63. The number of guanidine groups is 1. The summed E-state index contributed by atoms with van der Waals surface area (Å²) in [6.45, 7) is 6.75. The van der Waals surface area contributed by atoms with Crippen LogP contribution in [0.2, 0.25) is 0 Å². The third-order valence-corrected chi connectivity index (χ3v) is 6.59. The van der Waals surface area contributed by atoms with Crippen molar-refractivity contribution in [3.63, 3.8) is 0 Å². The molecular weight excluding hydrogens is 385 g/mol. The van der Waals surface area contributed by atoms with Gasteiger partial charge in [0.05, 0.1) is 12.1 Å². The summed E-state index contributed by atoms with van der Waals surface area (Å²) in [5.74, 6) is 0.577. The first-order valence-electron chi connectivity index (χ1n) is 9.30. The van der Waals surface area contributed by atoms with E-state index in [9.17, 15) is 26.7 Å². The predicted molar refractivity (Wildman–Crippen MR) is 98.8 cm³/mol. The van der Waals surface area contributed by atoms with Gasteiger partial charge in [-0.3, -0.25) is 4.99 Å². The van der Waals surface area contributed by atoms with E-state index in [-0.39, 0.29) is 25.6 Å². The molecule has 1 saturated heterocycles. The van der Waals surface area contributed by atoms with Gasteiger partial charge in [0.25, 0.3) is 0 Å². The van der Waals surface area contributed by atoms with Crippen molar-refractivity contribution in [1.82, 2.24) is 14.9 Å². The highest BCUT2D eigenvalue weighted by atomic mass is 32.2. The lowest BCUT2D eigenvalue weighted by Crippen LogP contribution is -2.47. The first-order valence-corrected chi connectivity index (χ1v) is 10.7. The third-order valence-electron chi connectivity index (χ3n) is 4.96. The number of piperidine rings is 1. The fourth-order valence-electron chi connectivity index (χ4n) is 2.78. The molecule has 0 amide bonds. The molecule has 0 bridgehead atoms. The van der Waals surface area contributed by atoms with Crippen molar-refractivity contribution in [2.45, 2.75) is 57.6 Å². The first kappa shape index (κ1) is 24.0. The van der Waals surface area contributed by atoms with E-state index in [1.54, 1.807) is 0 Å². The van der Waals surface area contributed by atoms with Crippen LogP contribution in [0, 0.1) is 5.92 Å². The minimum atomic E-state index is -5.25. The lowest BCUT2D eigenvalue weighted by molar-refractivity contribution is -0.0496. The smallest absolute Gasteiger partial charge is 0.388 e. The van der Waals surface area contributed by atoms with Gasteiger partial charge in [0, 0.05) is 26.2 Å². The summed E-state index contributed by atoms with van der Waals surface area (Å²) in [4.78, 5) is 4.39. The molecule has 7 nitrogen and oxygen atoms in total. The van der Waals surface area contributed by atoms with E-state index in [2.05, 4.69) is 15.6 Å². The van der Waals surface area contributed by atoms with E-state index in [0.717, 1.165) is 0 Å². The zero-order valence-electron chi connectivity index (χ0n) is 16.1. The van der Waals surface area contributed by atoms with Crippen LogP contribution in [0.25, 0.3) is 0 Å². The van der Waals surface area contributed by atoms with Gasteiger partial charge in [0.15, 0.2) is 5.96 Å². The topological polar surface area (TPSA) is 94.0 Å². The number of sulfonamides is 1. The van der Waals surface area contributed by atoms with Gasteiger partial charge < -0.3 is 15.7 Å². The molecule has 1 fully saturated rings. The fraction of sp³-hybridized carbons (Fsp3) is 0.938. The number of nitrogens with zero attached hydrogens (tertiary/aromatic N) is 2. The normalized spacial score (nSPS) is 18.6. The molecule has 0 spiro atoms. The zero-order valence-corrected chi connectivity index (χ0v) is 17.0. The van der Waals surface area contributed by atoms with E-state index in [1.807, 2.05) is 20.8 Å². The van der Waals surface area contributed by atoms with Crippen LogP contribution >= 0.6 is 0 Å². The number of nitrogens with one attached hydrogen (secondary N) is 2. The Balaban J connectivity index is 2.57. The Kier molecular flexibility index (Phi) is 8.81. The van der Waals surface area contributed by atoms with E-state index in [0.29, 0.717) is 49.0 Å². The molecule has 0 aromatic carbocycles. The second-order valence-electron chi connectivity index (χ2n) is 6.80. The number of rotatable bonds is 8. The summed E-state index contributed by atoms with van der Waals surface area (Å²) in [6.07, 6.45) is 1.85. The van der Waals surface area contributed by atoms with Gasteiger partial charge in [-0.15, -0.1) is 0 Å². The molecule has 0 unspecified atom stereocenters. The van der Waals surface area contributed by atoms with E-state index in [1.165, 1.54) is 0 Å². The van der Waals surface area contributed by atoms with Crippen molar-refractivity contribution >= 4 is 16.0 Å². The van der Waals surface area contributed by atoms with Gasteiger partial charge in [0.2, 0.25) is 0 Å². The number of aliphatic imine (C=N–C) groups is 1. The van der Waals surface area contributed by atoms with Gasteiger partial charge in [-0.2, -0.15) is 17.5 Å². The summed E-state index contributed by atoms with van der Waals surface area (Å²) >= 11 is 0. The molecule has 1 aliphatic heterocycles. The molecule has 1 aliphatic rings. The highest BCUT2D eigenvalue weighted by Crippen LogP contribution is 2.30. The maximum atomic E-state index is 12.6. The molecule has 0 radical (unpaired) electrons. The number of alkyl halides is 3. The lowest BCUT2D eigenvalue weighted by atomic mass is 9.98. The van der Waals surface area contributed by atoms with Crippen molar-refractivity contribution in [3.8, 4) is 0 Å². The predicted octanol–water partition coefficient (Wildman–Crippen LogP) is 1.65. The Hall–Kier alpha value is -1.07. The number of hydrogen-bond donors (Lipinski definition) is 3. The largest absolute Gasteiger partial charge is 0.511 e. The summed E-state index contributed by atoms with van der Waals surface area (Å²) in [6, 6.07) is 0. The molecule has 0 saturated carbocycles. The molecule has 1 heterocycles. The van der Waals surface area contributed by atoms with Crippen molar-refractivity contribution in [1.29, 1.82) is 0 Å². The van der Waals surface area contributed by atoms with Crippen LogP contribution in [0.4, 0.5) is 13.2 Å². The SMILES string of the molecule is CCNC(=NCC(O)(CC)CC)NCC1CCN(S(=O)(=O)C(F)(F)F)CC1. The van der Waals surface area contributed by atoms with Gasteiger partial charge in [-0.25, -0.2) is 8.42 Å². The third kappa shape index (κ3) is 6.79. The van der Waals surface area contributed by atoms with Crippen LogP contribution in [0.3, 0.4) is 0 Å². The summed E-state index contributed by atoms with van der Waals surface area (Å²) in [5, 5.41) is 16.5. The maximum absolute atomic E-state index is 12.6. The molecule has 0 aliphatic carbocycles. The molecule has 0 aromatic heterocycles. The Morgan fingerprint density at radius 1 is 1.15 bits per heavy atom. The van der Waals surface area contributed by atoms with Crippen molar-refractivity contribution in [3.05, 3.63) is 0 Å². The second kappa shape index (κ2) is 9.92. The standard InChI is InChI=1S/C16H31F3N4O3S/c1-4-15(24,5-2)12-22-14(20-6-3)21-11-13-7-9-23(10-8-13)27(25,26)16(17,18)19/h13,24H,4-12H2,1-3H3,(H2,20,21,22). The van der Waals surface area contributed by atoms with Gasteiger partial charge in [-0.1, -0.05) is 13.8 Å². The Morgan fingerprint density at radius 2 is 1.70 bits per heavy atom. The Morgan fingerprint density at radius 3 is 2.15 bits per heavy atom. The molecule has 160 valence electrons. The van der Waals surface area contributed by atoms with E-state index in [4.69, 9.17) is 0 Å². The fourth-order valence-corrected chi connectivity index (χ4v) is 3.77. The number of halogens is 3. The highest BCUT2D eigenvalue weighted by Gasteiger charge is 2.50. The van der Waals surface area contributed by atoms with Crippen LogP contribution < -0.4 is 10.6 Å². The van der Waals surface area contributed by atoms with E-state index < -0.39 is 21.1 Å². The Labute approximate surface area is 159 Å². The van der Waals surface area contributed by atoms with Crippen LogP contribution in [-0.2, 0) is 10.0 Å². The molecule has 1 rings (SSSR count). The lowest BCUT2D eigenvalue weighted by Gasteiger charge is -2.32. The van der Waals surface area contributed by atoms with Crippen LogP contribution in [0.15, 0.2) is 4.99 Å². The van der Waals surface area contributed by atoms with Gasteiger partial charge in [0.1, 0.15) is 0 Å². The quantitative estimate of drug-likeness (QED) is 0.413. The van der Waals surface area contributed by atoms with Crippen LogP contribution in [-0.4, -0.2) is 67.6 Å². The zero-order chi connectivity index (χ0) is 20.7. The van der Waals surface area contributed by atoms with Crippen molar-refractivity contribution < 1.29 is 26.7 Å². The molecule has 0 atom stereocenters. The molecular formula is C16H31F3N4O3S. The Bertz CT molecular complexity index is 584. The molecule has 11 heteroatoms. The van der Waals surface area contributed by atoms with Crippen LogP contribution in [0.1, 0.15) is 46.5 Å². The highest BCUT2D eigenvalue weighted by molar-refractivity contribution is 7.90.